The lowest BCUT2D eigenvalue weighted by Gasteiger charge is -2.32. The van der Waals surface area contributed by atoms with E-state index < -0.39 is 0 Å². The molecule has 0 radical (unpaired) electrons. The maximum Gasteiger partial charge on any atom is 0.0858 e. The Kier molecular flexibility index (Phi) is 5.20. The monoisotopic (exact) mass is 370 g/mol. The zero-order valence-electron chi connectivity index (χ0n) is 14.9. The molecule has 3 heterocycles. The molecular formula is C20H23ClN4O. The number of benzene rings is 1. The molecule has 4 rings (SSSR count). The lowest BCUT2D eigenvalue weighted by Crippen LogP contribution is -2.39. The molecule has 0 bridgehead atoms. The fourth-order valence-electron chi connectivity index (χ4n) is 3.67. The molecule has 1 saturated heterocycles. The topological polar surface area (TPSA) is 43.2 Å². The number of ether oxygens (including phenoxy) is 1. The van der Waals surface area contributed by atoms with Crippen LogP contribution in [0.5, 0.6) is 0 Å². The highest BCUT2D eigenvalue weighted by Gasteiger charge is 2.23. The number of hydrogen-bond acceptors (Lipinski definition) is 4. The second-order valence-corrected chi connectivity index (χ2v) is 7.28. The van der Waals surface area contributed by atoms with E-state index in [9.17, 15) is 0 Å². The highest BCUT2D eigenvalue weighted by Crippen LogP contribution is 2.28. The standard InChI is InChI=1S/C20H23ClN4O/c1-24-19-8-2-7-17(21)20(19)18(23-24)13-25-10-4-6-16(12-25)26-14-15-5-3-9-22-11-15/h2-3,5,7-9,11,16H,4,6,10,12-14H2,1H3. The van der Waals surface area contributed by atoms with Crippen LogP contribution in [0.3, 0.4) is 0 Å². The van der Waals surface area contributed by atoms with Gasteiger partial charge >= 0.3 is 0 Å². The van der Waals surface area contributed by atoms with Crippen molar-refractivity contribution in [3.8, 4) is 0 Å². The average molecular weight is 371 g/mol. The zero-order valence-corrected chi connectivity index (χ0v) is 15.7. The number of nitrogens with zero attached hydrogens (tertiary/aromatic N) is 4. The maximum atomic E-state index is 6.44. The number of aryl methyl sites for hydroxylation is 1. The minimum absolute atomic E-state index is 0.245. The SMILES string of the molecule is Cn1nc(CN2CCCC(OCc3cccnc3)C2)c2c(Cl)cccc21. The van der Waals surface area contributed by atoms with Gasteiger partial charge in [-0.2, -0.15) is 5.10 Å². The molecule has 0 spiro atoms. The van der Waals surface area contributed by atoms with Gasteiger partial charge in [0.2, 0.25) is 0 Å². The Morgan fingerprint density at radius 2 is 2.19 bits per heavy atom. The summed E-state index contributed by atoms with van der Waals surface area (Å²) in [5.74, 6) is 0. The first-order valence-corrected chi connectivity index (χ1v) is 9.41. The van der Waals surface area contributed by atoms with Gasteiger partial charge in [0, 0.05) is 37.9 Å². The van der Waals surface area contributed by atoms with E-state index in [-0.39, 0.29) is 6.10 Å². The summed E-state index contributed by atoms with van der Waals surface area (Å²) in [5.41, 5.74) is 3.24. The Morgan fingerprint density at radius 3 is 3.04 bits per heavy atom. The van der Waals surface area contributed by atoms with E-state index in [4.69, 9.17) is 21.4 Å². The molecule has 1 aromatic carbocycles. The normalized spacial score (nSPS) is 18.5. The molecule has 136 valence electrons. The molecule has 1 aliphatic rings. The van der Waals surface area contributed by atoms with Crippen LogP contribution in [0, 0.1) is 0 Å². The van der Waals surface area contributed by atoms with E-state index in [1.165, 1.54) is 0 Å². The molecule has 0 N–H and O–H groups in total. The van der Waals surface area contributed by atoms with E-state index in [1.54, 1.807) is 6.20 Å². The van der Waals surface area contributed by atoms with Crippen molar-refractivity contribution < 1.29 is 4.74 Å². The summed E-state index contributed by atoms with van der Waals surface area (Å²) in [7, 11) is 1.97. The first-order chi connectivity index (χ1) is 12.7. The summed E-state index contributed by atoms with van der Waals surface area (Å²) in [4.78, 5) is 6.56. The molecule has 26 heavy (non-hydrogen) atoms. The molecule has 1 atom stereocenters. The summed E-state index contributed by atoms with van der Waals surface area (Å²) >= 11 is 6.44. The van der Waals surface area contributed by atoms with E-state index in [0.717, 1.165) is 59.7 Å². The van der Waals surface area contributed by atoms with Gasteiger partial charge in [-0.3, -0.25) is 14.6 Å². The molecule has 1 aliphatic heterocycles. The number of piperidine rings is 1. The van der Waals surface area contributed by atoms with E-state index in [2.05, 4.69) is 22.0 Å². The van der Waals surface area contributed by atoms with Crippen molar-refractivity contribution in [1.82, 2.24) is 19.7 Å². The highest BCUT2D eigenvalue weighted by molar-refractivity contribution is 6.35. The Bertz CT molecular complexity index is 880. The van der Waals surface area contributed by atoms with Crippen LogP contribution < -0.4 is 0 Å². The Balaban J connectivity index is 1.42. The number of fused-ring (bicyclic) bond motifs is 1. The van der Waals surface area contributed by atoms with Crippen molar-refractivity contribution in [1.29, 1.82) is 0 Å². The van der Waals surface area contributed by atoms with Gasteiger partial charge < -0.3 is 4.74 Å². The molecule has 1 unspecified atom stereocenters. The predicted octanol–water partition coefficient (Wildman–Crippen LogP) is 3.80. The third kappa shape index (κ3) is 3.75. The fraction of sp³-hybridized carbons (Fsp3) is 0.400. The molecule has 6 heteroatoms. The summed E-state index contributed by atoms with van der Waals surface area (Å²) < 4.78 is 8.03. The maximum absolute atomic E-state index is 6.44. The zero-order chi connectivity index (χ0) is 17.9. The predicted molar refractivity (Wildman–Crippen MR) is 103 cm³/mol. The molecule has 5 nitrogen and oxygen atoms in total. The molecule has 2 aromatic heterocycles. The van der Waals surface area contributed by atoms with E-state index in [1.807, 2.05) is 36.1 Å². The van der Waals surface area contributed by atoms with E-state index >= 15 is 0 Å². The van der Waals surface area contributed by atoms with Gasteiger partial charge in [-0.1, -0.05) is 23.7 Å². The summed E-state index contributed by atoms with van der Waals surface area (Å²) in [6, 6.07) is 9.97. The largest absolute Gasteiger partial charge is 0.372 e. The van der Waals surface area contributed by atoms with Crippen LogP contribution in [0.1, 0.15) is 24.1 Å². The quantitative estimate of drug-likeness (QED) is 0.685. The lowest BCUT2D eigenvalue weighted by atomic mass is 10.1. The van der Waals surface area contributed by atoms with Gasteiger partial charge in [-0.25, -0.2) is 0 Å². The van der Waals surface area contributed by atoms with Crippen molar-refractivity contribution in [3.63, 3.8) is 0 Å². The molecule has 0 saturated carbocycles. The van der Waals surface area contributed by atoms with Crippen LogP contribution in [0.4, 0.5) is 0 Å². The Morgan fingerprint density at radius 1 is 1.27 bits per heavy atom. The van der Waals surface area contributed by atoms with Gasteiger partial charge in [0.25, 0.3) is 0 Å². The number of likely N-dealkylation sites (tertiary alicyclic amines) is 1. The van der Waals surface area contributed by atoms with E-state index in [0.29, 0.717) is 6.61 Å². The van der Waals surface area contributed by atoms with Crippen molar-refractivity contribution >= 4 is 22.5 Å². The summed E-state index contributed by atoms with van der Waals surface area (Å²) in [6.07, 6.45) is 6.13. The smallest absolute Gasteiger partial charge is 0.0858 e. The molecular weight excluding hydrogens is 348 g/mol. The van der Waals surface area contributed by atoms with Crippen molar-refractivity contribution in [3.05, 3.63) is 59.0 Å². The van der Waals surface area contributed by atoms with Crippen molar-refractivity contribution in [2.75, 3.05) is 13.1 Å². The Hall–Kier alpha value is -1.95. The second kappa shape index (κ2) is 7.74. The lowest BCUT2D eigenvalue weighted by molar-refractivity contribution is -0.0123. The van der Waals surface area contributed by atoms with Gasteiger partial charge in [0.05, 0.1) is 28.9 Å². The third-order valence-corrected chi connectivity index (χ3v) is 5.26. The fourth-order valence-corrected chi connectivity index (χ4v) is 3.94. The van der Waals surface area contributed by atoms with Crippen LogP contribution >= 0.6 is 11.6 Å². The first kappa shape index (κ1) is 17.5. The number of halogens is 1. The third-order valence-electron chi connectivity index (χ3n) is 4.94. The highest BCUT2D eigenvalue weighted by atomic mass is 35.5. The van der Waals surface area contributed by atoms with Gasteiger partial charge in [0.1, 0.15) is 0 Å². The average Bonchev–Trinajstić information content (AvgIpc) is 2.98. The van der Waals surface area contributed by atoms with Crippen LogP contribution in [0.25, 0.3) is 10.9 Å². The summed E-state index contributed by atoms with van der Waals surface area (Å²) in [5, 5.41) is 6.54. The van der Waals surface area contributed by atoms with Gasteiger partial charge in [-0.05, 0) is 43.1 Å². The minimum atomic E-state index is 0.245. The number of aromatic nitrogens is 3. The van der Waals surface area contributed by atoms with Crippen LogP contribution in [-0.4, -0.2) is 38.9 Å². The van der Waals surface area contributed by atoms with Crippen LogP contribution in [0.2, 0.25) is 5.02 Å². The number of rotatable bonds is 5. The van der Waals surface area contributed by atoms with Gasteiger partial charge in [-0.15, -0.1) is 0 Å². The molecule has 0 amide bonds. The molecule has 3 aromatic rings. The van der Waals surface area contributed by atoms with Crippen LogP contribution in [0.15, 0.2) is 42.7 Å². The second-order valence-electron chi connectivity index (χ2n) is 6.88. The molecule has 1 fully saturated rings. The van der Waals surface area contributed by atoms with Gasteiger partial charge in [0.15, 0.2) is 0 Å². The number of hydrogen-bond donors (Lipinski definition) is 0. The summed E-state index contributed by atoms with van der Waals surface area (Å²) in [6.45, 7) is 3.40. The first-order valence-electron chi connectivity index (χ1n) is 9.03. The van der Waals surface area contributed by atoms with Crippen molar-refractivity contribution in [2.45, 2.75) is 32.1 Å². The Labute approximate surface area is 158 Å². The minimum Gasteiger partial charge on any atom is -0.372 e. The van der Waals surface area contributed by atoms with Crippen molar-refractivity contribution in [2.24, 2.45) is 7.05 Å². The molecule has 0 aliphatic carbocycles. The van der Waals surface area contributed by atoms with Crippen LogP contribution in [-0.2, 0) is 24.9 Å². The number of pyridine rings is 1.